The van der Waals surface area contributed by atoms with E-state index in [0.29, 0.717) is 12.0 Å². The number of hydrogen-bond donors (Lipinski definition) is 1. The summed E-state index contributed by atoms with van der Waals surface area (Å²) in [5, 5.41) is 0.148. The van der Waals surface area contributed by atoms with Crippen molar-refractivity contribution in [2.45, 2.75) is 44.2 Å². The summed E-state index contributed by atoms with van der Waals surface area (Å²) in [6.07, 6.45) is 3.56. The highest BCUT2D eigenvalue weighted by Gasteiger charge is 2.34. The lowest BCUT2D eigenvalue weighted by atomic mass is 9.85. The molecule has 100 valence electrons. The zero-order chi connectivity index (χ0) is 13.2. The molecule has 2 atom stereocenters. The Bertz CT molecular complexity index is 418. The fourth-order valence-corrected chi connectivity index (χ4v) is 2.60. The van der Waals surface area contributed by atoms with Crippen molar-refractivity contribution in [2.24, 2.45) is 5.73 Å². The van der Waals surface area contributed by atoms with E-state index in [2.05, 4.69) is 0 Å². The maximum absolute atomic E-state index is 13.8. The molecule has 0 amide bonds. The van der Waals surface area contributed by atoms with Crippen LogP contribution >= 0.6 is 11.6 Å². The third-order valence-electron chi connectivity index (χ3n) is 3.76. The van der Waals surface area contributed by atoms with Crippen LogP contribution in [0.1, 0.15) is 31.7 Å². The van der Waals surface area contributed by atoms with E-state index < -0.39 is 0 Å². The van der Waals surface area contributed by atoms with Gasteiger partial charge >= 0.3 is 0 Å². The molecule has 1 aliphatic heterocycles. The van der Waals surface area contributed by atoms with Crippen molar-refractivity contribution in [3.05, 3.63) is 34.6 Å². The van der Waals surface area contributed by atoms with Crippen LogP contribution in [0.25, 0.3) is 0 Å². The first-order chi connectivity index (χ1) is 8.53. The third-order valence-corrected chi connectivity index (χ3v) is 4.05. The molecule has 1 aromatic carbocycles. The molecule has 0 bridgehead atoms. The highest BCUT2D eigenvalue weighted by Crippen LogP contribution is 2.29. The van der Waals surface area contributed by atoms with Crippen LogP contribution in [0, 0.1) is 5.82 Å². The lowest BCUT2D eigenvalue weighted by Gasteiger charge is -2.39. The minimum atomic E-state index is -0.367. The molecule has 0 aliphatic carbocycles. The van der Waals surface area contributed by atoms with Gasteiger partial charge in [0.05, 0.1) is 10.6 Å². The van der Waals surface area contributed by atoms with Crippen LogP contribution in [0.4, 0.5) is 4.39 Å². The Hall–Kier alpha value is -0.640. The predicted octanol–water partition coefficient (Wildman–Crippen LogP) is 3.31. The van der Waals surface area contributed by atoms with Gasteiger partial charge < -0.3 is 10.5 Å². The van der Waals surface area contributed by atoms with Crippen molar-refractivity contribution in [2.75, 3.05) is 6.61 Å². The van der Waals surface area contributed by atoms with E-state index in [9.17, 15) is 4.39 Å². The Morgan fingerprint density at radius 2 is 2.28 bits per heavy atom. The number of benzene rings is 1. The molecule has 1 aromatic rings. The van der Waals surface area contributed by atoms with Gasteiger partial charge in [0.15, 0.2) is 0 Å². The molecule has 0 saturated carbocycles. The number of ether oxygens (including phenoxy) is 1. The molecule has 2 nitrogen and oxygen atoms in total. The minimum absolute atomic E-state index is 0.148. The van der Waals surface area contributed by atoms with E-state index in [1.165, 1.54) is 0 Å². The van der Waals surface area contributed by atoms with Crippen LogP contribution in [-0.4, -0.2) is 18.2 Å². The summed E-state index contributed by atoms with van der Waals surface area (Å²) >= 11 is 5.77. The normalized spacial score (nSPS) is 26.0. The van der Waals surface area contributed by atoms with Crippen molar-refractivity contribution < 1.29 is 9.13 Å². The van der Waals surface area contributed by atoms with Crippen molar-refractivity contribution in [3.63, 3.8) is 0 Å². The Morgan fingerprint density at radius 1 is 1.50 bits per heavy atom. The SMILES string of the molecule is CC1(C(N)Cc2cccc(Cl)c2F)CCCCO1. The summed E-state index contributed by atoms with van der Waals surface area (Å²) in [4.78, 5) is 0. The van der Waals surface area contributed by atoms with E-state index in [-0.39, 0.29) is 22.5 Å². The monoisotopic (exact) mass is 271 g/mol. The molecule has 1 heterocycles. The van der Waals surface area contributed by atoms with Crippen LogP contribution in [0.15, 0.2) is 18.2 Å². The smallest absolute Gasteiger partial charge is 0.145 e. The second-order valence-electron chi connectivity index (χ2n) is 5.14. The molecule has 0 spiro atoms. The second kappa shape index (κ2) is 5.55. The molecular formula is C14H19ClFNO. The van der Waals surface area contributed by atoms with Gasteiger partial charge in [-0.2, -0.15) is 0 Å². The molecular weight excluding hydrogens is 253 g/mol. The molecule has 1 saturated heterocycles. The summed E-state index contributed by atoms with van der Waals surface area (Å²) in [6.45, 7) is 2.75. The van der Waals surface area contributed by atoms with Gasteiger partial charge in [-0.05, 0) is 44.2 Å². The molecule has 2 N–H and O–H groups in total. The lowest BCUT2D eigenvalue weighted by Crippen LogP contribution is -2.50. The van der Waals surface area contributed by atoms with Crippen molar-refractivity contribution in [1.82, 2.24) is 0 Å². The predicted molar refractivity (Wildman–Crippen MR) is 71.3 cm³/mol. The third kappa shape index (κ3) is 2.85. The van der Waals surface area contributed by atoms with Crippen LogP contribution in [0.2, 0.25) is 5.02 Å². The minimum Gasteiger partial charge on any atom is -0.374 e. The fraction of sp³-hybridized carbons (Fsp3) is 0.571. The summed E-state index contributed by atoms with van der Waals surface area (Å²) in [5.41, 5.74) is 6.41. The van der Waals surface area contributed by atoms with Gasteiger partial charge in [0.1, 0.15) is 5.82 Å². The number of nitrogens with two attached hydrogens (primary N) is 1. The molecule has 18 heavy (non-hydrogen) atoms. The highest BCUT2D eigenvalue weighted by atomic mass is 35.5. The van der Waals surface area contributed by atoms with Crippen LogP contribution < -0.4 is 5.73 Å². The summed E-state index contributed by atoms with van der Waals surface area (Å²) in [6, 6.07) is 4.81. The van der Waals surface area contributed by atoms with Gasteiger partial charge in [-0.25, -0.2) is 4.39 Å². The molecule has 1 fully saturated rings. The van der Waals surface area contributed by atoms with E-state index in [1.807, 2.05) is 6.92 Å². The fourth-order valence-electron chi connectivity index (χ4n) is 2.41. The molecule has 0 radical (unpaired) electrons. The Kier molecular flexibility index (Phi) is 4.25. The molecule has 2 unspecified atom stereocenters. The van der Waals surface area contributed by atoms with Gasteiger partial charge in [0, 0.05) is 12.6 Å². The number of halogens is 2. The van der Waals surface area contributed by atoms with Gasteiger partial charge in [0.2, 0.25) is 0 Å². The summed E-state index contributed by atoms with van der Waals surface area (Å²) in [7, 11) is 0. The largest absolute Gasteiger partial charge is 0.374 e. The zero-order valence-electron chi connectivity index (χ0n) is 10.6. The van der Waals surface area contributed by atoms with Gasteiger partial charge in [-0.1, -0.05) is 23.7 Å². The maximum Gasteiger partial charge on any atom is 0.145 e. The summed E-state index contributed by atoms with van der Waals surface area (Å²) in [5.74, 6) is -0.367. The van der Waals surface area contributed by atoms with Crippen LogP contribution in [0.3, 0.4) is 0 Å². The van der Waals surface area contributed by atoms with E-state index in [1.54, 1.807) is 18.2 Å². The van der Waals surface area contributed by atoms with Gasteiger partial charge in [-0.15, -0.1) is 0 Å². The molecule has 0 aromatic heterocycles. The van der Waals surface area contributed by atoms with Gasteiger partial charge in [0.25, 0.3) is 0 Å². The van der Waals surface area contributed by atoms with Gasteiger partial charge in [-0.3, -0.25) is 0 Å². The Balaban J connectivity index is 2.10. The summed E-state index contributed by atoms with van der Waals surface area (Å²) < 4.78 is 19.6. The van der Waals surface area contributed by atoms with Crippen molar-refractivity contribution in [3.8, 4) is 0 Å². The van der Waals surface area contributed by atoms with E-state index in [4.69, 9.17) is 22.1 Å². The average Bonchev–Trinajstić information content (AvgIpc) is 2.36. The second-order valence-corrected chi connectivity index (χ2v) is 5.55. The highest BCUT2D eigenvalue weighted by molar-refractivity contribution is 6.30. The number of hydrogen-bond acceptors (Lipinski definition) is 2. The Morgan fingerprint density at radius 3 is 2.94 bits per heavy atom. The standard InChI is InChI=1S/C14H19ClFNO/c1-14(7-2-3-8-18-14)12(17)9-10-5-4-6-11(15)13(10)16/h4-6,12H,2-3,7-9,17H2,1H3. The first kappa shape index (κ1) is 13.8. The lowest BCUT2D eigenvalue weighted by molar-refractivity contribution is -0.0809. The van der Waals surface area contributed by atoms with Crippen LogP contribution in [0.5, 0.6) is 0 Å². The number of rotatable bonds is 3. The van der Waals surface area contributed by atoms with E-state index in [0.717, 1.165) is 25.9 Å². The maximum atomic E-state index is 13.8. The molecule has 2 rings (SSSR count). The first-order valence-corrected chi connectivity index (χ1v) is 6.73. The zero-order valence-corrected chi connectivity index (χ0v) is 11.3. The quantitative estimate of drug-likeness (QED) is 0.915. The topological polar surface area (TPSA) is 35.2 Å². The molecule has 4 heteroatoms. The van der Waals surface area contributed by atoms with Crippen LogP contribution in [-0.2, 0) is 11.2 Å². The molecule has 1 aliphatic rings. The van der Waals surface area contributed by atoms with Crippen molar-refractivity contribution in [1.29, 1.82) is 0 Å². The van der Waals surface area contributed by atoms with Crippen molar-refractivity contribution >= 4 is 11.6 Å². The average molecular weight is 272 g/mol. The first-order valence-electron chi connectivity index (χ1n) is 6.35. The van der Waals surface area contributed by atoms with E-state index >= 15 is 0 Å². The Labute approximate surface area is 112 Å².